The van der Waals surface area contributed by atoms with Crippen LogP contribution in [0.25, 0.3) is 0 Å². The van der Waals surface area contributed by atoms with Gasteiger partial charge in [0, 0.05) is 35.9 Å². The van der Waals surface area contributed by atoms with E-state index in [1.807, 2.05) is 29.9 Å². The minimum atomic E-state index is 0.0417. The Hall–Kier alpha value is -1.66. The fourth-order valence-electron chi connectivity index (χ4n) is 2.95. The van der Waals surface area contributed by atoms with Crippen LogP contribution in [0.5, 0.6) is 0 Å². The summed E-state index contributed by atoms with van der Waals surface area (Å²) in [6.07, 6.45) is 4.23. The average Bonchev–Trinajstić information content (AvgIpc) is 3.17. The van der Waals surface area contributed by atoms with E-state index in [1.165, 1.54) is 12.8 Å². The van der Waals surface area contributed by atoms with E-state index >= 15 is 0 Å². The smallest absolute Gasteiger partial charge is 0.252 e. The number of hydrogen-bond donors (Lipinski definition) is 2. The normalized spacial score (nSPS) is 19.2. The van der Waals surface area contributed by atoms with E-state index in [0.717, 1.165) is 43.3 Å². The van der Waals surface area contributed by atoms with E-state index in [4.69, 9.17) is 0 Å². The molecule has 3 heterocycles. The topological polar surface area (TPSA) is 61.0 Å². The molecule has 0 aliphatic carbocycles. The van der Waals surface area contributed by atoms with Crippen molar-refractivity contribution in [2.24, 2.45) is 5.92 Å². The summed E-state index contributed by atoms with van der Waals surface area (Å²) in [6.45, 7) is 5.76. The second-order valence-corrected chi connectivity index (χ2v) is 6.76. The number of hydrogen-bond acceptors (Lipinski definition) is 4. The number of rotatable bonds is 5. The molecule has 1 fully saturated rings. The van der Waals surface area contributed by atoms with Crippen molar-refractivity contribution in [2.45, 2.75) is 26.3 Å². The maximum Gasteiger partial charge on any atom is 0.252 e. The molecule has 0 bridgehead atoms. The van der Waals surface area contributed by atoms with Gasteiger partial charge in [-0.3, -0.25) is 9.69 Å². The Morgan fingerprint density at radius 1 is 1.59 bits per heavy atom. The Morgan fingerprint density at radius 3 is 3.23 bits per heavy atom. The van der Waals surface area contributed by atoms with Gasteiger partial charge in [-0.05, 0) is 43.7 Å². The molecule has 1 amide bonds. The molecule has 5 nitrogen and oxygen atoms in total. The van der Waals surface area contributed by atoms with Gasteiger partial charge in [-0.1, -0.05) is 0 Å². The number of thiophene rings is 1. The van der Waals surface area contributed by atoms with Crippen LogP contribution < -0.4 is 5.32 Å². The monoisotopic (exact) mass is 318 g/mol. The molecule has 2 aromatic heterocycles. The summed E-state index contributed by atoms with van der Waals surface area (Å²) in [5.41, 5.74) is 1.87. The number of carbonyl (C=O) groups is 1. The first-order valence-electron chi connectivity index (χ1n) is 7.74. The van der Waals surface area contributed by atoms with Crippen LogP contribution >= 0.6 is 11.3 Å². The quantitative estimate of drug-likeness (QED) is 0.890. The summed E-state index contributed by atoms with van der Waals surface area (Å²) in [4.78, 5) is 22.1. The number of aromatic amines is 1. The number of carbonyl (C=O) groups excluding carboxylic acids is 1. The van der Waals surface area contributed by atoms with Crippen molar-refractivity contribution in [3.8, 4) is 0 Å². The van der Waals surface area contributed by atoms with Gasteiger partial charge in [0.05, 0.1) is 6.54 Å². The molecule has 118 valence electrons. The van der Waals surface area contributed by atoms with Crippen LogP contribution in [-0.4, -0.2) is 40.4 Å². The summed E-state index contributed by atoms with van der Waals surface area (Å²) in [5.74, 6) is 1.59. The molecule has 0 saturated carbocycles. The van der Waals surface area contributed by atoms with E-state index < -0.39 is 0 Å². The Balaban J connectivity index is 1.47. The molecule has 1 unspecified atom stereocenters. The molecule has 0 spiro atoms. The Kier molecular flexibility index (Phi) is 4.90. The molecule has 1 aliphatic heterocycles. The minimum absolute atomic E-state index is 0.0417. The summed E-state index contributed by atoms with van der Waals surface area (Å²) >= 11 is 1.55. The van der Waals surface area contributed by atoms with Crippen LogP contribution in [0.2, 0.25) is 0 Å². The lowest BCUT2D eigenvalue weighted by molar-refractivity contribution is 0.0930. The van der Waals surface area contributed by atoms with Crippen molar-refractivity contribution < 1.29 is 4.79 Å². The summed E-state index contributed by atoms with van der Waals surface area (Å²) in [5, 5.41) is 6.88. The fraction of sp³-hybridized carbons (Fsp3) is 0.500. The van der Waals surface area contributed by atoms with Gasteiger partial charge in [-0.2, -0.15) is 11.3 Å². The van der Waals surface area contributed by atoms with Gasteiger partial charge in [0.1, 0.15) is 5.82 Å². The molecular formula is C16H22N4OS. The first-order chi connectivity index (χ1) is 10.7. The Bertz CT molecular complexity index is 607. The molecule has 22 heavy (non-hydrogen) atoms. The molecule has 1 atom stereocenters. The number of H-pyrrole nitrogens is 1. The molecule has 6 heteroatoms. The number of likely N-dealkylation sites (tertiary alicyclic amines) is 1. The predicted octanol–water partition coefficient (Wildman–Crippen LogP) is 2.42. The van der Waals surface area contributed by atoms with E-state index in [1.54, 1.807) is 11.3 Å². The lowest BCUT2D eigenvalue weighted by Crippen LogP contribution is -2.40. The van der Waals surface area contributed by atoms with E-state index in [9.17, 15) is 4.79 Å². The van der Waals surface area contributed by atoms with Crippen molar-refractivity contribution in [1.82, 2.24) is 20.2 Å². The zero-order valence-corrected chi connectivity index (χ0v) is 13.7. The van der Waals surface area contributed by atoms with Crippen molar-refractivity contribution in [2.75, 3.05) is 19.6 Å². The molecule has 0 aromatic carbocycles. The SMILES string of the molecule is Cc1cnc(CN2CCCC(CNC(=O)c3ccsc3)C2)[nH]1. The third-order valence-corrected chi connectivity index (χ3v) is 4.75. The lowest BCUT2D eigenvalue weighted by atomic mass is 9.98. The van der Waals surface area contributed by atoms with Crippen LogP contribution in [-0.2, 0) is 6.54 Å². The Labute approximate surface area is 134 Å². The van der Waals surface area contributed by atoms with E-state index in [2.05, 4.69) is 20.2 Å². The third-order valence-electron chi connectivity index (χ3n) is 4.07. The van der Waals surface area contributed by atoms with Crippen LogP contribution in [0, 0.1) is 12.8 Å². The molecule has 1 aliphatic rings. The molecule has 2 aromatic rings. The van der Waals surface area contributed by atoms with Crippen molar-refractivity contribution in [3.63, 3.8) is 0 Å². The zero-order chi connectivity index (χ0) is 15.4. The Morgan fingerprint density at radius 2 is 2.50 bits per heavy atom. The highest BCUT2D eigenvalue weighted by Gasteiger charge is 2.21. The van der Waals surface area contributed by atoms with Crippen molar-refractivity contribution >= 4 is 17.2 Å². The van der Waals surface area contributed by atoms with E-state index in [-0.39, 0.29) is 5.91 Å². The van der Waals surface area contributed by atoms with Gasteiger partial charge in [0.2, 0.25) is 0 Å². The number of nitrogens with one attached hydrogen (secondary N) is 2. The summed E-state index contributed by atoms with van der Waals surface area (Å²) in [6, 6.07) is 1.87. The molecule has 3 rings (SSSR count). The second kappa shape index (κ2) is 7.07. The zero-order valence-electron chi connectivity index (χ0n) is 12.8. The number of imidazole rings is 1. The first kappa shape index (κ1) is 15.2. The standard InChI is InChI=1S/C16H22N4OS/c1-12-7-17-15(19-12)10-20-5-2-3-13(9-20)8-18-16(21)14-4-6-22-11-14/h4,6-7,11,13H,2-3,5,8-10H2,1H3,(H,17,19)(H,18,21). The highest BCUT2D eigenvalue weighted by Crippen LogP contribution is 2.17. The van der Waals surface area contributed by atoms with Gasteiger partial charge in [0.15, 0.2) is 0 Å². The van der Waals surface area contributed by atoms with Crippen molar-refractivity contribution in [1.29, 1.82) is 0 Å². The number of aromatic nitrogens is 2. The third kappa shape index (κ3) is 3.96. The average molecular weight is 318 g/mol. The highest BCUT2D eigenvalue weighted by molar-refractivity contribution is 7.08. The van der Waals surface area contributed by atoms with Gasteiger partial charge in [0.25, 0.3) is 5.91 Å². The maximum absolute atomic E-state index is 12.0. The predicted molar refractivity (Wildman–Crippen MR) is 88.0 cm³/mol. The van der Waals surface area contributed by atoms with Gasteiger partial charge >= 0.3 is 0 Å². The number of aryl methyl sites for hydroxylation is 1. The second-order valence-electron chi connectivity index (χ2n) is 5.98. The number of nitrogens with zero attached hydrogens (tertiary/aromatic N) is 2. The first-order valence-corrected chi connectivity index (χ1v) is 8.68. The van der Waals surface area contributed by atoms with Gasteiger partial charge in [-0.25, -0.2) is 4.98 Å². The summed E-state index contributed by atoms with van der Waals surface area (Å²) in [7, 11) is 0. The van der Waals surface area contributed by atoms with Crippen LogP contribution in [0.3, 0.4) is 0 Å². The molecule has 1 saturated heterocycles. The van der Waals surface area contributed by atoms with Crippen LogP contribution in [0.1, 0.15) is 34.7 Å². The van der Waals surface area contributed by atoms with Crippen LogP contribution in [0.4, 0.5) is 0 Å². The van der Waals surface area contributed by atoms with Gasteiger partial charge < -0.3 is 10.3 Å². The fourth-order valence-corrected chi connectivity index (χ4v) is 3.59. The highest BCUT2D eigenvalue weighted by atomic mass is 32.1. The molecule has 2 N–H and O–H groups in total. The largest absolute Gasteiger partial charge is 0.352 e. The minimum Gasteiger partial charge on any atom is -0.352 e. The summed E-state index contributed by atoms with van der Waals surface area (Å²) < 4.78 is 0. The lowest BCUT2D eigenvalue weighted by Gasteiger charge is -2.32. The molecular weight excluding hydrogens is 296 g/mol. The number of piperidine rings is 1. The van der Waals surface area contributed by atoms with Crippen LogP contribution in [0.15, 0.2) is 23.0 Å². The van der Waals surface area contributed by atoms with Crippen molar-refractivity contribution in [3.05, 3.63) is 40.1 Å². The maximum atomic E-state index is 12.0. The van der Waals surface area contributed by atoms with Gasteiger partial charge in [-0.15, -0.1) is 0 Å². The van der Waals surface area contributed by atoms with E-state index in [0.29, 0.717) is 5.92 Å². The number of amides is 1. The molecule has 0 radical (unpaired) electrons.